The van der Waals surface area contributed by atoms with Gasteiger partial charge in [0, 0.05) is 10.9 Å². The Bertz CT molecular complexity index is 937. The van der Waals surface area contributed by atoms with Crippen molar-refractivity contribution in [2.75, 3.05) is 5.32 Å². The number of aromatic amines is 1. The maximum absolute atomic E-state index is 13.9. The number of carboxylic acid groups (broad SMARTS) is 1. The molecule has 0 aliphatic carbocycles. The van der Waals surface area contributed by atoms with Crippen LogP contribution in [-0.4, -0.2) is 21.4 Å². The van der Waals surface area contributed by atoms with Crippen molar-refractivity contribution in [3.8, 4) is 11.3 Å². The van der Waals surface area contributed by atoms with Crippen LogP contribution in [0.4, 0.5) is 14.9 Å². The zero-order chi connectivity index (χ0) is 15.7. The van der Waals surface area contributed by atoms with Crippen LogP contribution in [0.2, 0.25) is 0 Å². The SMILES string of the molecule is O=C(O)Nc1ccc(-c2n[nH]c(=O)c3ccccc23)cc1F. The summed E-state index contributed by atoms with van der Waals surface area (Å²) in [6.07, 6.45) is -1.35. The van der Waals surface area contributed by atoms with Crippen molar-refractivity contribution < 1.29 is 14.3 Å². The number of fused-ring (bicyclic) bond motifs is 1. The van der Waals surface area contributed by atoms with E-state index in [-0.39, 0.29) is 11.2 Å². The smallest absolute Gasteiger partial charge is 0.409 e. The molecule has 1 aromatic heterocycles. The van der Waals surface area contributed by atoms with Gasteiger partial charge in [0.2, 0.25) is 0 Å². The monoisotopic (exact) mass is 299 g/mol. The van der Waals surface area contributed by atoms with E-state index in [0.29, 0.717) is 22.0 Å². The van der Waals surface area contributed by atoms with E-state index in [2.05, 4.69) is 10.2 Å². The molecule has 0 saturated carbocycles. The molecule has 0 spiro atoms. The van der Waals surface area contributed by atoms with Gasteiger partial charge in [-0.3, -0.25) is 10.1 Å². The number of anilines is 1. The number of halogens is 1. The fourth-order valence-electron chi connectivity index (χ4n) is 2.21. The van der Waals surface area contributed by atoms with Crippen LogP contribution in [0, 0.1) is 5.82 Å². The first kappa shape index (κ1) is 13.7. The minimum Gasteiger partial charge on any atom is -0.465 e. The Kier molecular flexibility index (Phi) is 3.30. The van der Waals surface area contributed by atoms with Gasteiger partial charge in [0.1, 0.15) is 5.82 Å². The number of benzene rings is 2. The molecule has 0 atom stereocenters. The molecule has 22 heavy (non-hydrogen) atoms. The quantitative estimate of drug-likeness (QED) is 0.678. The highest BCUT2D eigenvalue weighted by Gasteiger charge is 2.12. The molecule has 0 unspecified atom stereocenters. The van der Waals surface area contributed by atoms with Crippen LogP contribution < -0.4 is 10.9 Å². The fourth-order valence-corrected chi connectivity index (χ4v) is 2.21. The first-order chi connectivity index (χ1) is 10.6. The molecule has 0 fully saturated rings. The van der Waals surface area contributed by atoms with E-state index >= 15 is 0 Å². The van der Waals surface area contributed by atoms with Crippen LogP contribution in [0.3, 0.4) is 0 Å². The summed E-state index contributed by atoms with van der Waals surface area (Å²) >= 11 is 0. The number of hydrogen-bond donors (Lipinski definition) is 3. The summed E-state index contributed by atoms with van der Waals surface area (Å²) in [5, 5.41) is 18.0. The van der Waals surface area contributed by atoms with Gasteiger partial charge in [-0.2, -0.15) is 5.10 Å². The Morgan fingerprint density at radius 2 is 1.91 bits per heavy atom. The van der Waals surface area contributed by atoms with Gasteiger partial charge in [-0.15, -0.1) is 0 Å². The van der Waals surface area contributed by atoms with Crippen LogP contribution in [0.1, 0.15) is 0 Å². The van der Waals surface area contributed by atoms with Gasteiger partial charge in [-0.1, -0.05) is 24.3 Å². The van der Waals surface area contributed by atoms with E-state index < -0.39 is 11.9 Å². The number of nitrogens with one attached hydrogen (secondary N) is 2. The van der Waals surface area contributed by atoms with E-state index in [0.717, 1.165) is 0 Å². The van der Waals surface area contributed by atoms with Crippen LogP contribution in [0.15, 0.2) is 47.3 Å². The molecule has 0 bridgehead atoms. The molecule has 2 aromatic carbocycles. The van der Waals surface area contributed by atoms with Crippen LogP contribution in [-0.2, 0) is 0 Å². The van der Waals surface area contributed by atoms with Crippen molar-refractivity contribution >= 4 is 22.6 Å². The van der Waals surface area contributed by atoms with Gasteiger partial charge >= 0.3 is 6.09 Å². The van der Waals surface area contributed by atoms with Crippen molar-refractivity contribution in [2.24, 2.45) is 0 Å². The molecule has 0 radical (unpaired) electrons. The summed E-state index contributed by atoms with van der Waals surface area (Å²) in [4.78, 5) is 22.3. The molecule has 3 N–H and O–H groups in total. The number of aromatic nitrogens is 2. The predicted octanol–water partition coefficient (Wildman–Crippen LogP) is 2.82. The molecule has 0 aliphatic rings. The van der Waals surface area contributed by atoms with E-state index in [9.17, 15) is 14.0 Å². The standard InChI is InChI=1S/C15H10FN3O3/c16-11-7-8(5-6-12(11)17-15(21)22)13-9-3-1-2-4-10(9)14(20)19-18-13/h1-7,17H,(H,19,20)(H,21,22). The molecule has 0 saturated heterocycles. The zero-order valence-corrected chi connectivity index (χ0v) is 11.1. The second kappa shape index (κ2) is 5.28. The summed E-state index contributed by atoms with van der Waals surface area (Å²) in [7, 11) is 0. The molecule has 7 heteroatoms. The molecule has 110 valence electrons. The summed E-state index contributed by atoms with van der Waals surface area (Å²) in [6.45, 7) is 0. The van der Waals surface area contributed by atoms with Crippen molar-refractivity contribution in [1.29, 1.82) is 0 Å². The van der Waals surface area contributed by atoms with Crippen molar-refractivity contribution in [2.45, 2.75) is 0 Å². The molecule has 3 rings (SSSR count). The number of carbonyl (C=O) groups is 1. The first-order valence-corrected chi connectivity index (χ1v) is 6.33. The van der Waals surface area contributed by atoms with Crippen LogP contribution in [0.5, 0.6) is 0 Å². The lowest BCUT2D eigenvalue weighted by atomic mass is 10.0. The predicted molar refractivity (Wildman–Crippen MR) is 79.4 cm³/mol. The highest BCUT2D eigenvalue weighted by molar-refractivity contribution is 5.94. The van der Waals surface area contributed by atoms with Crippen LogP contribution >= 0.6 is 0 Å². The number of nitrogens with zero attached hydrogens (tertiary/aromatic N) is 1. The maximum atomic E-state index is 13.9. The third-order valence-electron chi connectivity index (χ3n) is 3.18. The van der Waals surface area contributed by atoms with E-state index in [4.69, 9.17) is 5.11 Å². The number of rotatable bonds is 2. The third kappa shape index (κ3) is 2.39. The Morgan fingerprint density at radius 3 is 2.59 bits per heavy atom. The van der Waals surface area contributed by atoms with Gasteiger partial charge in [0.15, 0.2) is 0 Å². The maximum Gasteiger partial charge on any atom is 0.409 e. The molecule has 1 amide bonds. The van der Waals surface area contributed by atoms with Gasteiger partial charge in [-0.25, -0.2) is 14.3 Å². The van der Waals surface area contributed by atoms with Gasteiger partial charge in [0.05, 0.1) is 16.8 Å². The topological polar surface area (TPSA) is 95.1 Å². The van der Waals surface area contributed by atoms with Gasteiger partial charge in [0.25, 0.3) is 5.56 Å². The second-order valence-corrected chi connectivity index (χ2v) is 4.57. The molecular weight excluding hydrogens is 289 g/mol. The molecule has 0 aliphatic heterocycles. The zero-order valence-electron chi connectivity index (χ0n) is 11.1. The average Bonchev–Trinajstić information content (AvgIpc) is 2.50. The lowest BCUT2D eigenvalue weighted by Crippen LogP contribution is -2.10. The van der Waals surface area contributed by atoms with Gasteiger partial charge in [-0.05, 0) is 18.2 Å². The highest BCUT2D eigenvalue weighted by Crippen LogP contribution is 2.27. The Morgan fingerprint density at radius 1 is 1.18 bits per heavy atom. The normalized spacial score (nSPS) is 10.6. The molecule has 1 heterocycles. The number of amides is 1. The summed E-state index contributed by atoms with van der Waals surface area (Å²) in [5.41, 5.74) is 0.367. The fraction of sp³-hybridized carbons (Fsp3) is 0. The Labute approximate surface area is 123 Å². The highest BCUT2D eigenvalue weighted by atomic mass is 19.1. The largest absolute Gasteiger partial charge is 0.465 e. The lowest BCUT2D eigenvalue weighted by Gasteiger charge is -2.07. The Balaban J connectivity index is 2.16. The Hall–Kier alpha value is -3.22. The second-order valence-electron chi connectivity index (χ2n) is 4.57. The van der Waals surface area contributed by atoms with Crippen LogP contribution in [0.25, 0.3) is 22.0 Å². The van der Waals surface area contributed by atoms with E-state index in [1.54, 1.807) is 24.3 Å². The molecule has 6 nitrogen and oxygen atoms in total. The van der Waals surface area contributed by atoms with Crippen molar-refractivity contribution in [1.82, 2.24) is 10.2 Å². The average molecular weight is 299 g/mol. The first-order valence-electron chi connectivity index (χ1n) is 6.33. The van der Waals surface area contributed by atoms with Gasteiger partial charge < -0.3 is 5.11 Å². The summed E-state index contributed by atoms with van der Waals surface area (Å²) < 4.78 is 13.9. The van der Waals surface area contributed by atoms with Crippen molar-refractivity contribution in [3.05, 3.63) is 58.6 Å². The number of H-pyrrole nitrogens is 1. The molecular formula is C15H10FN3O3. The van der Waals surface area contributed by atoms with E-state index in [1.807, 2.05) is 5.32 Å². The molecule has 3 aromatic rings. The van der Waals surface area contributed by atoms with E-state index in [1.165, 1.54) is 18.2 Å². The minimum absolute atomic E-state index is 0.148. The summed E-state index contributed by atoms with van der Waals surface area (Å²) in [6, 6.07) is 10.8. The minimum atomic E-state index is -1.35. The summed E-state index contributed by atoms with van der Waals surface area (Å²) in [5.74, 6) is -0.725. The van der Waals surface area contributed by atoms with Crippen molar-refractivity contribution in [3.63, 3.8) is 0 Å². The number of hydrogen-bond acceptors (Lipinski definition) is 3. The lowest BCUT2D eigenvalue weighted by molar-refractivity contribution is 0.209. The third-order valence-corrected chi connectivity index (χ3v) is 3.18.